The predicted octanol–water partition coefficient (Wildman–Crippen LogP) is 0.740. The van der Waals surface area contributed by atoms with E-state index in [1.807, 2.05) is 17.9 Å². The first-order chi connectivity index (χ1) is 9.58. The van der Waals surface area contributed by atoms with Crippen LogP contribution in [0.25, 0.3) is 0 Å². The Morgan fingerprint density at radius 2 is 2.45 bits per heavy atom. The van der Waals surface area contributed by atoms with Gasteiger partial charge in [-0.3, -0.25) is 9.69 Å². The van der Waals surface area contributed by atoms with Crippen LogP contribution < -0.4 is 11.1 Å². The molecular formula is C14H18N4O2. The molecular weight excluding hydrogens is 256 g/mol. The van der Waals surface area contributed by atoms with Crippen molar-refractivity contribution in [2.24, 2.45) is 0 Å². The van der Waals surface area contributed by atoms with Gasteiger partial charge in [-0.2, -0.15) is 5.26 Å². The third kappa shape index (κ3) is 3.70. The molecule has 1 heterocycles. The number of hydrogen-bond acceptors (Lipinski definition) is 5. The summed E-state index contributed by atoms with van der Waals surface area (Å²) in [6.45, 7) is 3.75. The van der Waals surface area contributed by atoms with Crippen LogP contribution in [0.4, 0.5) is 11.4 Å². The molecule has 6 heteroatoms. The molecule has 0 aromatic heterocycles. The summed E-state index contributed by atoms with van der Waals surface area (Å²) in [6.07, 6.45) is -0.449. The number of benzene rings is 1. The third-order valence-corrected chi connectivity index (χ3v) is 3.19. The minimum Gasteiger partial charge on any atom is -0.399 e. The van der Waals surface area contributed by atoms with E-state index in [0.717, 1.165) is 11.3 Å². The number of ether oxygens (including phenoxy) is 1. The van der Waals surface area contributed by atoms with E-state index in [9.17, 15) is 4.79 Å². The van der Waals surface area contributed by atoms with Crippen molar-refractivity contribution in [1.82, 2.24) is 4.90 Å². The molecule has 0 radical (unpaired) electrons. The SMILES string of the molecule is Cc1cc(N)ccc1NC(=O)CN1CCOC(C#N)C1. The molecule has 6 nitrogen and oxygen atoms in total. The minimum atomic E-state index is -0.449. The zero-order valence-electron chi connectivity index (χ0n) is 11.4. The lowest BCUT2D eigenvalue weighted by molar-refractivity contribution is -0.118. The fraction of sp³-hybridized carbons (Fsp3) is 0.429. The van der Waals surface area contributed by atoms with Crippen LogP contribution in [0.1, 0.15) is 5.56 Å². The number of carbonyl (C=O) groups is 1. The third-order valence-electron chi connectivity index (χ3n) is 3.19. The molecule has 1 saturated heterocycles. The molecule has 1 unspecified atom stereocenters. The summed E-state index contributed by atoms with van der Waals surface area (Å²) >= 11 is 0. The van der Waals surface area contributed by atoms with E-state index >= 15 is 0 Å². The maximum Gasteiger partial charge on any atom is 0.238 e. The highest BCUT2D eigenvalue weighted by molar-refractivity contribution is 5.93. The lowest BCUT2D eigenvalue weighted by Crippen LogP contribution is -2.45. The number of hydrogen-bond donors (Lipinski definition) is 2. The second-order valence-corrected chi connectivity index (χ2v) is 4.85. The number of nitriles is 1. The molecule has 1 aromatic rings. The highest BCUT2D eigenvalue weighted by Crippen LogP contribution is 2.17. The zero-order valence-corrected chi connectivity index (χ0v) is 11.4. The minimum absolute atomic E-state index is 0.100. The molecule has 1 aliphatic rings. The van der Waals surface area contributed by atoms with Gasteiger partial charge in [-0.05, 0) is 30.7 Å². The average Bonchev–Trinajstić information content (AvgIpc) is 2.42. The molecule has 1 amide bonds. The van der Waals surface area contributed by atoms with Crippen molar-refractivity contribution in [1.29, 1.82) is 5.26 Å². The Hall–Kier alpha value is -2.10. The standard InChI is InChI=1S/C14H18N4O2/c1-10-6-11(16)2-3-13(10)17-14(19)9-18-4-5-20-12(7-15)8-18/h2-3,6,12H,4-5,8-9,16H2,1H3,(H,17,19). The van der Waals surface area contributed by atoms with Crippen molar-refractivity contribution in [3.05, 3.63) is 23.8 Å². The average molecular weight is 274 g/mol. The second-order valence-electron chi connectivity index (χ2n) is 4.85. The number of nitrogen functional groups attached to an aromatic ring is 1. The maximum absolute atomic E-state index is 12.0. The molecule has 1 aliphatic heterocycles. The van der Waals surface area contributed by atoms with Crippen LogP contribution in [0.3, 0.4) is 0 Å². The van der Waals surface area contributed by atoms with Crippen molar-refractivity contribution >= 4 is 17.3 Å². The van der Waals surface area contributed by atoms with Gasteiger partial charge in [0.25, 0.3) is 0 Å². The van der Waals surface area contributed by atoms with E-state index in [1.165, 1.54) is 0 Å². The summed E-state index contributed by atoms with van der Waals surface area (Å²) < 4.78 is 5.24. The van der Waals surface area contributed by atoms with E-state index in [2.05, 4.69) is 11.4 Å². The quantitative estimate of drug-likeness (QED) is 0.793. The van der Waals surface area contributed by atoms with Crippen LogP contribution in [0.2, 0.25) is 0 Å². The number of nitrogens with zero attached hydrogens (tertiary/aromatic N) is 2. The van der Waals surface area contributed by atoms with Gasteiger partial charge in [-0.1, -0.05) is 0 Å². The Kier molecular flexibility index (Phi) is 4.56. The van der Waals surface area contributed by atoms with E-state index in [-0.39, 0.29) is 12.5 Å². The molecule has 0 saturated carbocycles. The van der Waals surface area contributed by atoms with E-state index < -0.39 is 6.10 Å². The fourth-order valence-corrected chi connectivity index (χ4v) is 2.14. The van der Waals surface area contributed by atoms with Crippen molar-refractivity contribution < 1.29 is 9.53 Å². The normalized spacial score (nSPS) is 19.3. The Morgan fingerprint density at radius 1 is 1.65 bits per heavy atom. The molecule has 1 aromatic carbocycles. The number of amides is 1. The van der Waals surface area contributed by atoms with Gasteiger partial charge < -0.3 is 15.8 Å². The summed E-state index contributed by atoms with van der Waals surface area (Å²) in [4.78, 5) is 13.9. The summed E-state index contributed by atoms with van der Waals surface area (Å²) in [5, 5.41) is 11.7. The van der Waals surface area contributed by atoms with Gasteiger partial charge in [0.1, 0.15) is 0 Å². The first-order valence-electron chi connectivity index (χ1n) is 6.48. The lowest BCUT2D eigenvalue weighted by Gasteiger charge is -2.29. The number of nitrogens with two attached hydrogens (primary N) is 1. The second kappa shape index (κ2) is 6.37. The fourth-order valence-electron chi connectivity index (χ4n) is 2.14. The van der Waals surface area contributed by atoms with E-state index in [1.54, 1.807) is 12.1 Å². The Balaban J connectivity index is 1.90. The number of rotatable bonds is 3. The summed E-state index contributed by atoms with van der Waals surface area (Å²) in [5.41, 5.74) is 8.03. The predicted molar refractivity (Wildman–Crippen MR) is 76.0 cm³/mol. The number of anilines is 2. The summed E-state index contributed by atoms with van der Waals surface area (Å²) in [5.74, 6) is -0.100. The van der Waals surface area contributed by atoms with Gasteiger partial charge in [-0.15, -0.1) is 0 Å². The first kappa shape index (κ1) is 14.3. The van der Waals surface area contributed by atoms with Crippen molar-refractivity contribution in [3.8, 4) is 6.07 Å². The molecule has 0 spiro atoms. The van der Waals surface area contributed by atoms with Crippen LogP contribution in [-0.2, 0) is 9.53 Å². The van der Waals surface area contributed by atoms with Gasteiger partial charge in [0, 0.05) is 24.5 Å². The van der Waals surface area contributed by atoms with Crippen molar-refractivity contribution in [2.75, 3.05) is 37.3 Å². The molecule has 1 atom stereocenters. The molecule has 106 valence electrons. The van der Waals surface area contributed by atoms with Crippen LogP contribution in [0.5, 0.6) is 0 Å². The van der Waals surface area contributed by atoms with Gasteiger partial charge in [-0.25, -0.2) is 0 Å². The van der Waals surface area contributed by atoms with Crippen LogP contribution in [0, 0.1) is 18.3 Å². The van der Waals surface area contributed by atoms with Crippen LogP contribution in [-0.4, -0.2) is 43.2 Å². The van der Waals surface area contributed by atoms with Gasteiger partial charge >= 0.3 is 0 Å². The van der Waals surface area contributed by atoms with Crippen molar-refractivity contribution in [3.63, 3.8) is 0 Å². The molecule has 2 rings (SSSR count). The van der Waals surface area contributed by atoms with Gasteiger partial charge in [0.15, 0.2) is 6.10 Å². The molecule has 1 fully saturated rings. The molecule has 0 bridgehead atoms. The zero-order chi connectivity index (χ0) is 14.5. The summed E-state index contributed by atoms with van der Waals surface area (Å²) in [7, 11) is 0. The highest BCUT2D eigenvalue weighted by atomic mass is 16.5. The van der Waals surface area contributed by atoms with Gasteiger partial charge in [0.2, 0.25) is 5.91 Å². The topological polar surface area (TPSA) is 91.4 Å². The largest absolute Gasteiger partial charge is 0.399 e. The van der Waals surface area contributed by atoms with Crippen LogP contribution in [0.15, 0.2) is 18.2 Å². The smallest absolute Gasteiger partial charge is 0.238 e. The molecule has 20 heavy (non-hydrogen) atoms. The monoisotopic (exact) mass is 274 g/mol. The highest BCUT2D eigenvalue weighted by Gasteiger charge is 2.21. The number of morpholine rings is 1. The Morgan fingerprint density at radius 3 is 3.15 bits per heavy atom. The van der Waals surface area contributed by atoms with Gasteiger partial charge in [0.05, 0.1) is 19.2 Å². The Labute approximate surface area is 118 Å². The number of carbonyl (C=O) groups excluding carboxylic acids is 1. The number of nitrogens with one attached hydrogen (secondary N) is 1. The van der Waals surface area contributed by atoms with E-state index in [4.69, 9.17) is 15.7 Å². The van der Waals surface area contributed by atoms with E-state index in [0.29, 0.717) is 25.4 Å². The molecule has 0 aliphatic carbocycles. The van der Waals surface area contributed by atoms with Crippen molar-refractivity contribution in [2.45, 2.75) is 13.0 Å². The lowest BCUT2D eigenvalue weighted by atomic mass is 10.2. The Bertz CT molecular complexity index is 538. The summed E-state index contributed by atoms with van der Waals surface area (Å²) in [6, 6.07) is 7.42. The molecule has 3 N–H and O–H groups in total. The van der Waals surface area contributed by atoms with Crippen LogP contribution >= 0.6 is 0 Å². The maximum atomic E-state index is 12.0. The first-order valence-corrected chi connectivity index (χ1v) is 6.48. The number of aryl methyl sites for hydroxylation is 1.